The van der Waals surface area contributed by atoms with Crippen LogP contribution in [0.5, 0.6) is 0 Å². The van der Waals surface area contributed by atoms with Crippen molar-refractivity contribution < 1.29 is 9.18 Å². The van der Waals surface area contributed by atoms with Gasteiger partial charge >= 0.3 is 6.03 Å². The minimum atomic E-state index is -0.361. The lowest BCUT2D eigenvalue weighted by Gasteiger charge is -2.41. The summed E-state index contributed by atoms with van der Waals surface area (Å²) in [5.74, 6) is 0.347. The maximum Gasteiger partial charge on any atom is 0.342 e. The molecule has 9 nitrogen and oxygen atoms in total. The summed E-state index contributed by atoms with van der Waals surface area (Å²) in [5.41, 5.74) is 0.840. The highest BCUT2D eigenvalue weighted by Gasteiger charge is 2.41. The van der Waals surface area contributed by atoms with Crippen LogP contribution in [0.15, 0.2) is 48.9 Å². The molecule has 1 fully saturated rings. The number of halogens is 1. The zero-order chi connectivity index (χ0) is 22.7. The Kier molecular flexibility index (Phi) is 5.78. The first kappa shape index (κ1) is 21.1. The Morgan fingerprint density at radius 3 is 2.82 bits per heavy atom. The second kappa shape index (κ2) is 9.02. The fourth-order valence-electron chi connectivity index (χ4n) is 3.77. The van der Waals surface area contributed by atoms with E-state index in [9.17, 15) is 9.18 Å². The molecule has 1 saturated carbocycles. The van der Waals surface area contributed by atoms with Gasteiger partial charge in [-0.2, -0.15) is 9.78 Å². The van der Waals surface area contributed by atoms with E-state index < -0.39 is 0 Å². The zero-order valence-electron chi connectivity index (χ0n) is 17.5. The maximum absolute atomic E-state index is 14.3. The highest BCUT2D eigenvalue weighted by Crippen LogP contribution is 2.43. The number of amides is 1. The summed E-state index contributed by atoms with van der Waals surface area (Å²) in [5, 5.41) is 19.1. The van der Waals surface area contributed by atoms with Gasteiger partial charge in [0.1, 0.15) is 22.3 Å². The van der Waals surface area contributed by atoms with Crippen LogP contribution in [-0.2, 0) is 12.0 Å². The largest absolute Gasteiger partial charge is 0.368 e. The number of carbonyl (C=O) groups is 1. The number of rotatable bonds is 7. The maximum atomic E-state index is 14.3. The van der Waals surface area contributed by atoms with E-state index in [1.165, 1.54) is 23.6 Å². The number of aromatic nitrogens is 6. The standard InChI is InChI=1S/C22H20FN8OS/c23-16-4-1-9-24-19(16)22(7-2-8-22)14-27-18-6-5-17(29-30-18)20-25-12-15(33-20)13-26-21(32)31-11-3-10-28-31/h1,3-6,9-10,12H,2,7-8,13-14H2,(H,26,32)(H,27,30). The Morgan fingerprint density at radius 2 is 2.12 bits per heavy atom. The Labute approximate surface area is 193 Å². The Bertz CT molecular complexity index is 1240. The first-order chi connectivity index (χ1) is 16.1. The van der Waals surface area contributed by atoms with Crippen LogP contribution < -0.4 is 10.6 Å². The lowest BCUT2D eigenvalue weighted by atomic mass is 9.66. The number of anilines is 1. The van der Waals surface area contributed by atoms with Gasteiger partial charge < -0.3 is 10.6 Å². The second-order valence-corrected chi connectivity index (χ2v) is 8.90. The molecule has 0 atom stereocenters. The minimum Gasteiger partial charge on any atom is -0.368 e. The van der Waals surface area contributed by atoms with Crippen molar-refractivity contribution in [2.24, 2.45) is 0 Å². The second-order valence-electron chi connectivity index (χ2n) is 7.79. The third-order valence-electron chi connectivity index (χ3n) is 5.68. The number of pyridine rings is 1. The number of hydrogen-bond acceptors (Lipinski definition) is 8. The summed E-state index contributed by atoms with van der Waals surface area (Å²) in [6, 6.07) is 7.94. The van der Waals surface area contributed by atoms with E-state index in [1.54, 1.807) is 24.5 Å². The van der Waals surface area contributed by atoms with Crippen molar-refractivity contribution in [2.45, 2.75) is 31.2 Å². The molecule has 167 valence electrons. The van der Waals surface area contributed by atoms with Crippen LogP contribution in [0.4, 0.5) is 15.0 Å². The van der Waals surface area contributed by atoms with E-state index in [1.807, 2.05) is 12.1 Å². The van der Waals surface area contributed by atoms with Gasteiger partial charge in [0, 0.05) is 29.2 Å². The number of hydrogen-bond donors (Lipinski definition) is 2. The molecule has 1 amide bonds. The molecule has 33 heavy (non-hydrogen) atoms. The highest BCUT2D eigenvalue weighted by atomic mass is 32.1. The first-order valence-electron chi connectivity index (χ1n) is 10.5. The van der Waals surface area contributed by atoms with E-state index in [-0.39, 0.29) is 17.3 Å². The molecule has 4 heterocycles. The molecule has 1 aliphatic rings. The molecule has 1 aliphatic carbocycles. The van der Waals surface area contributed by atoms with Gasteiger partial charge in [0.15, 0.2) is 0 Å². The zero-order valence-corrected chi connectivity index (χ0v) is 18.3. The minimum absolute atomic E-state index is 0.265. The fourth-order valence-corrected chi connectivity index (χ4v) is 4.59. The normalized spacial score (nSPS) is 14.5. The van der Waals surface area contributed by atoms with Crippen molar-refractivity contribution >= 4 is 23.2 Å². The molecule has 2 N–H and O–H groups in total. The molecule has 0 bridgehead atoms. The number of nitrogens with one attached hydrogen (secondary N) is 2. The quantitative estimate of drug-likeness (QED) is 0.432. The van der Waals surface area contributed by atoms with E-state index >= 15 is 0 Å². The van der Waals surface area contributed by atoms with Crippen molar-refractivity contribution in [2.75, 3.05) is 11.9 Å². The smallest absolute Gasteiger partial charge is 0.342 e. The van der Waals surface area contributed by atoms with Crippen LogP contribution in [-0.4, -0.2) is 42.5 Å². The molecule has 0 spiro atoms. The third kappa shape index (κ3) is 4.44. The number of nitrogens with zero attached hydrogens (tertiary/aromatic N) is 6. The molecule has 5 rings (SSSR count). The Hall–Kier alpha value is -3.73. The molecule has 0 aliphatic heterocycles. The Balaban J connectivity index is 1.20. The average Bonchev–Trinajstić information content (AvgIpc) is 3.51. The van der Waals surface area contributed by atoms with Crippen LogP contribution >= 0.6 is 11.3 Å². The fraction of sp³-hybridized carbons (Fsp3) is 0.273. The topological polar surface area (TPSA) is 111 Å². The van der Waals surface area contributed by atoms with E-state index in [0.717, 1.165) is 28.8 Å². The molecular weight excluding hydrogens is 443 g/mol. The van der Waals surface area contributed by atoms with Crippen LogP contribution in [0, 0.1) is 12.0 Å². The van der Waals surface area contributed by atoms with E-state index in [2.05, 4.69) is 42.1 Å². The van der Waals surface area contributed by atoms with Gasteiger partial charge in [0.05, 0.1) is 24.6 Å². The van der Waals surface area contributed by atoms with Crippen LogP contribution in [0.2, 0.25) is 0 Å². The predicted octanol–water partition coefficient (Wildman–Crippen LogP) is 3.42. The lowest BCUT2D eigenvalue weighted by molar-refractivity contribution is 0.239. The van der Waals surface area contributed by atoms with Crippen LogP contribution in [0.25, 0.3) is 10.7 Å². The summed E-state index contributed by atoms with van der Waals surface area (Å²) >= 11 is 1.42. The summed E-state index contributed by atoms with van der Waals surface area (Å²) in [7, 11) is 0. The molecule has 11 heteroatoms. The molecule has 0 aromatic carbocycles. The van der Waals surface area contributed by atoms with Gasteiger partial charge in [-0.25, -0.2) is 14.2 Å². The van der Waals surface area contributed by atoms with Crippen molar-refractivity contribution in [1.82, 2.24) is 35.3 Å². The molecule has 1 radical (unpaired) electrons. The average molecular weight is 464 g/mol. The number of thiazole rings is 1. The molecule has 4 aromatic rings. The van der Waals surface area contributed by atoms with Gasteiger partial charge in [-0.1, -0.05) is 6.42 Å². The van der Waals surface area contributed by atoms with Crippen LogP contribution in [0.1, 0.15) is 29.8 Å². The van der Waals surface area contributed by atoms with Crippen LogP contribution in [0.3, 0.4) is 0 Å². The monoisotopic (exact) mass is 463 g/mol. The number of carbonyl (C=O) groups excluding carboxylic acids is 1. The molecule has 0 saturated heterocycles. The van der Waals surface area contributed by atoms with Gasteiger partial charge in [-0.15, -0.1) is 21.5 Å². The highest BCUT2D eigenvalue weighted by molar-refractivity contribution is 7.15. The van der Waals surface area contributed by atoms with E-state index in [0.29, 0.717) is 35.3 Å². The van der Waals surface area contributed by atoms with Crippen molar-refractivity contribution in [1.29, 1.82) is 0 Å². The van der Waals surface area contributed by atoms with Gasteiger partial charge in [-0.3, -0.25) is 4.98 Å². The lowest BCUT2D eigenvalue weighted by Crippen LogP contribution is -2.42. The summed E-state index contributed by atoms with van der Waals surface area (Å²) in [4.78, 5) is 21.5. The van der Waals surface area contributed by atoms with Crippen molar-refractivity contribution in [3.8, 4) is 10.7 Å². The van der Waals surface area contributed by atoms with Gasteiger partial charge in [0.2, 0.25) is 0 Å². The third-order valence-corrected chi connectivity index (χ3v) is 6.70. The first-order valence-corrected chi connectivity index (χ1v) is 11.3. The summed E-state index contributed by atoms with van der Waals surface area (Å²) < 4.78 is 15.4. The van der Waals surface area contributed by atoms with E-state index in [4.69, 9.17) is 0 Å². The summed E-state index contributed by atoms with van der Waals surface area (Å²) in [6.07, 6.45) is 10.3. The molecule has 4 aromatic heterocycles. The predicted molar refractivity (Wildman–Crippen MR) is 120 cm³/mol. The molecular formula is C22H20FN8OS. The van der Waals surface area contributed by atoms with Crippen molar-refractivity contribution in [3.63, 3.8) is 0 Å². The van der Waals surface area contributed by atoms with Crippen molar-refractivity contribution in [3.05, 3.63) is 71.5 Å². The SMILES string of the molecule is O=C(NCc1cnc(-c2ccc(NCC3(c4ncccc4F)CCC3)nn2)s1)n1[c]ccn1. The molecule has 0 unspecified atom stereocenters. The summed E-state index contributed by atoms with van der Waals surface area (Å²) in [6.45, 7) is 0.868. The van der Waals surface area contributed by atoms with Gasteiger partial charge in [-0.05, 0) is 43.2 Å². The van der Waals surface area contributed by atoms with Gasteiger partial charge in [0.25, 0.3) is 0 Å². The Morgan fingerprint density at radius 1 is 1.21 bits per heavy atom.